The molecule has 2 heterocycles. The second kappa shape index (κ2) is 3.86. The Bertz CT molecular complexity index is 715. The summed E-state index contributed by atoms with van der Waals surface area (Å²) in [5, 5.41) is 0. The highest BCUT2D eigenvalue weighted by Crippen LogP contribution is 2.26. The van der Waals surface area contributed by atoms with Crippen LogP contribution in [0.1, 0.15) is 36.0 Å². The quantitative estimate of drug-likeness (QED) is 0.758. The van der Waals surface area contributed by atoms with Gasteiger partial charge in [0.15, 0.2) is 0 Å². The fourth-order valence-electron chi connectivity index (χ4n) is 1.04. The van der Waals surface area contributed by atoms with Crippen LogP contribution in [0.3, 0.4) is 0 Å². The molecule has 76 valence electrons. The van der Waals surface area contributed by atoms with Crippen molar-refractivity contribution in [3.05, 3.63) is 18.5 Å². The molecule has 1 aliphatic heterocycles. The van der Waals surface area contributed by atoms with Crippen molar-refractivity contribution in [2.75, 3.05) is 23.6 Å². The fraction of sp³-hybridized carbons (Fsp3) is 0.545. The summed E-state index contributed by atoms with van der Waals surface area (Å²) in [7, 11) is 0. The predicted octanol–water partition coefficient (Wildman–Crippen LogP) is 1.90. The van der Waals surface area contributed by atoms with Crippen LogP contribution in [-0.4, -0.2) is 18.0 Å². The van der Waals surface area contributed by atoms with Crippen LogP contribution in [0.4, 0.5) is 11.4 Å². The Kier molecular flexibility index (Phi) is 0.732. The lowest BCUT2D eigenvalue weighted by molar-refractivity contribution is 0.447. The minimum absolute atomic E-state index is 0.0950. The van der Waals surface area contributed by atoms with Gasteiger partial charge in [-0.05, 0) is 24.7 Å². The van der Waals surface area contributed by atoms with E-state index in [2.05, 4.69) is 4.98 Å². The lowest BCUT2D eigenvalue weighted by Crippen LogP contribution is -2.34. The van der Waals surface area contributed by atoms with E-state index in [1.165, 1.54) is 0 Å². The van der Waals surface area contributed by atoms with E-state index in [1.54, 1.807) is 0 Å². The fourth-order valence-corrected chi connectivity index (χ4v) is 1.04. The first-order valence-corrected chi connectivity index (χ1v) is 3.89. The van der Waals surface area contributed by atoms with Crippen LogP contribution in [0.15, 0.2) is 18.5 Å². The van der Waals surface area contributed by atoms with E-state index in [1.807, 2.05) is 0 Å². The van der Waals surface area contributed by atoms with Crippen molar-refractivity contribution in [1.29, 1.82) is 0 Å². The van der Waals surface area contributed by atoms with Crippen LogP contribution in [0, 0.1) is 5.89 Å². The summed E-state index contributed by atoms with van der Waals surface area (Å²) in [6.07, 6.45) is -5.17. The number of hydrogen-bond donors (Lipinski definition) is 1. The molecule has 0 radical (unpaired) electrons. The normalized spacial score (nSPS) is 55.6. The predicted molar refractivity (Wildman–Crippen MR) is 59.3 cm³/mol. The highest BCUT2D eigenvalue weighted by Gasteiger charge is 2.17. The van der Waals surface area contributed by atoms with Crippen molar-refractivity contribution in [2.24, 2.45) is 5.89 Å². The maximum Gasteiger partial charge on any atom is 0.0738 e. The summed E-state index contributed by atoms with van der Waals surface area (Å²) in [5.74, 6) is -3.68. The molecule has 1 aromatic heterocycles. The molecule has 1 fully saturated rings. The van der Waals surface area contributed by atoms with Gasteiger partial charge in [-0.15, -0.1) is 0 Å². The SMILES string of the molecule is [2H]C([2H])([2H])C1([2H])C([2H])([2H])N(c2ccncc2N)C([2H])([2H])C([2H])([2H])C1([2H])[2H]. The maximum atomic E-state index is 8.24. The van der Waals surface area contributed by atoms with Crippen LogP contribution in [0.5, 0.6) is 0 Å². The van der Waals surface area contributed by atoms with Gasteiger partial charge in [-0.2, -0.15) is 0 Å². The summed E-state index contributed by atoms with van der Waals surface area (Å²) in [6.45, 7) is -10.5. The molecule has 0 amide bonds. The van der Waals surface area contributed by atoms with Crippen molar-refractivity contribution in [3.8, 4) is 0 Å². The maximum absolute atomic E-state index is 8.24. The lowest BCUT2D eigenvalue weighted by Gasteiger charge is -2.33. The minimum atomic E-state index is -3.73. The first kappa shape index (κ1) is 2.65. The van der Waals surface area contributed by atoms with Crippen molar-refractivity contribution in [2.45, 2.75) is 19.6 Å². The molecule has 14 heavy (non-hydrogen) atoms. The van der Waals surface area contributed by atoms with Crippen LogP contribution in [0.2, 0.25) is 0 Å². The van der Waals surface area contributed by atoms with Crippen molar-refractivity contribution in [3.63, 3.8) is 0 Å². The highest BCUT2D eigenvalue weighted by atomic mass is 15.1. The second-order valence-corrected chi connectivity index (χ2v) is 2.62. The standard InChI is InChI=1S/C11H17N3/c1-9-3-2-6-14(8-9)11-4-5-13-7-10(11)12/h4-5,7,9H,2-3,6,8,12H2,1H3/i1D3,2D2,3D2,6D2,8D2,9D. The second-order valence-electron chi connectivity index (χ2n) is 2.62. The van der Waals surface area contributed by atoms with Crippen LogP contribution < -0.4 is 10.6 Å². The van der Waals surface area contributed by atoms with E-state index < -0.39 is 44.2 Å². The Morgan fingerprint density at radius 3 is 3.57 bits per heavy atom. The van der Waals surface area contributed by atoms with Gasteiger partial charge in [0, 0.05) is 35.6 Å². The number of nitrogens with two attached hydrogens (primary N) is 1. The third kappa shape index (κ3) is 1.81. The minimum Gasteiger partial charge on any atom is -0.396 e. The van der Waals surface area contributed by atoms with Gasteiger partial charge in [0.1, 0.15) is 0 Å². The number of pyridine rings is 1. The van der Waals surface area contributed by atoms with Gasteiger partial charge in [0.05, 0.1) is 17.6 Å². The largest absolute Gasteiger partial charge is 0.396 e. The van der Waals surface area contributed by atoms with Crippen LogP contribution in [-0.2, 0) is 0 Å². The number of rotatable bonds is 1. The lowest BCUT2D eigenvalue weighted by atomic mass is 10.00. The summed E-state index contributed by atoms with van der Waals surface area (Å²) in [6, 6.07) is 1.04. The molecule has 1 aromatic rings. The molecule has 2 N–H and O–H groups in total. The van der Waals surface area contributed by atoms with E-state index in [9.17, 15) is 0 Å². The number of piperidine rings is 1. The van der Waals surface area contributed by atoms with E-state index >= 15 is 0 Å². The number of aromatic nitrogens is 1. The first-order valence-electron chi connectivity index (χ1n) is 9.89. The summed E-state index contributed by atoms with van der Waals surface area (Å²) in [4.78, 5) is 3.76. The topological polar surface area (TPSA) is 42.2 Å². The zero-order valence-corrected chi connectivity index (χ0v) is 7.20. The molecule has 3 heteroatoms. The third-order valence-corrected chi connectivity index (χ3v) is 1.65. The average molecular weight is 203 g/mol. The molecule has 1 aliphatic rings. The molecule has 0 bridgehead atoms. The Balaban J connectivity index is 2.96. The molecule has 0 aromatic carbocycles. The smallest absolute Gasteiger partial charge is 0.0738 e. The van der Waals surface area contributed by atoms with Gasteiger partial charge in [0.25, 0.3) is 0 Å². The number of nitrogens with zero attached hydrogens (tertiary/aromatic N) is 2. The average Bonchev–Trinajstić information content (AvgIpc) is 2.45. The Morgan fingerprint density at radius 1 is 1.86 bits per heavy atom. The summed E-state index contributed by atoms with van der Waals surface area (Å²) >= 11 is 0. The van der Waals surface area contributed by atoms with Crippen molar-refractivity contribution < 1.29 is 16.4 Å². The molecule has 1 saturated heterocycles. The van der Waals surface area contributed by atoms with Gasteiger partial charge in [-0.3, -0.25) is 4.98 Å². The van der Waals surface area contributed by atoms with Gasteiger partial charge in [-0.1, -0.05) is 6.85 Å². The highest BCUT2D eigenvalue weighted by molar-refractivity contribution is 5.66. The molecule has 0 saturated carbocycles. The number of hydrogen-bond acceptors (Lipinski definition) is 3. The molecule has 1 atom stereocenters. The van der Waals surface area contributed by atoms with Gasteiger partial charge in [-0.25, -0.2) is 0 Å². The number of nitrogen functional groups attached to an aromatic ring is 1. The van der Waals surface area contributed by atoms with Crippen LogP contribution in [0.25, 0.3) is 0 Å². The Hall–Kier alpha value is -1.25. The van der Waals surface area contributed by atoms with E-state index in [-0.39, 0.29) is 10.6 Å². The zero-order valence-electron chi connectivity index (χ0n) is 19.2. The third-order valence-electron chi connectivity index (χ3n) is 1.65. The number of anilines is 2. The summed E-state index contributed by atoms with van der Waals surface area (Å²) in [5.41, 5.74) is 4.97. The Morgan fingerprint density at radius 2 is 2.79 bits per heavy atom. The summed E-state index contributed by atoms with van der Waals surface area (Å²) < 4.78 is 95.4. The molecular weight excluding hydrogens is 174 g/mol. The van der Waals surface area contributed by atoms with Gasteiger partial charge >= 0.3 is 0 Å². The van der Waals surface area contributed by atoms with E-state index in [0.29, 0.717) is 0 Å². The van der Waals surface area contributed by atoms with Gasteiger partial charge in [0.2, 0.25) is 0 Å². The zero-order chi connectivity index (χ0) is 20.6. The Labute approximate surface area is 102 Å². The van der Waals surface area contributed by atoms with Crippen molar-refractivity contribution >= 4 is 11.4 Å². The molecule has 1 unspecified atom stereocenters. The monoisotopic (exact) mass is 203 g/mol. The first-order chi connectivity index (χ1) is 11.4. The molecule has 3 nitrogen and oxygen atoms in total. The molecule has 2 rings (SSSR count). The van der Waals surface area contributed by atoms with Gasteiger partial charge < -0.3 is 10.6 Å². The van der Waals surface area contributed by atoms with Crippen LogP contribution >= 0.6 is 0 Å². The van der Waals surface area contributed by atoms with E-state index in [4.69, 9.17) is 22.2 Å². The molecular formula is C11H17N3. The molecule has 0 aliphatic carbocycles. The van der Waals surface area contributed by atoms with Crippen molar-refractivity contribution in [1.82, 2.24) is 4.98 Å². The molecule has 0 spiro atoms. The van der Waals surface area contributed by atoms with E-state index in [0.717, 1.165) is 18.5 Å².